The van der Waals surface area contributed by atoms with Crippen molar-refractivity contribution in [2.45, 2.75) is 19.5 Å². The van der Waals surface area contributed by atoms with E-state index in [0.29, 0.717) is 6.54 Å². The minimum Gasteiger partial charge on any atom is -0.306 e. The van der Waals surface area contributed by atoms with Gasteiger partial charge in [-0.3, -0.25) is 10.1 Å². The van der Waals surface area contributed by atoms with Gasteiger partial charge < -0.3 is 5.32 Å². The van der Waals surface area contributed by atoms with Crippen molar-refractivity contribution >= 4 is 21.6 Å². The third kappa shape index (κ3) is 3.65. The van der Waals surface area contributed by atoms with E-state index < -0.39 is 0 Å². The first-order chi connectivity index (χ1) is 9.58. The van der Waals surface area contributed by atoms with E-state index >= 15 is 0 Å². The molecule has 0 aliphatic rings. The number of rotatable bonds is 5. The predicted octanol–water partition coefficient (Wildman–Crippen LogP) is 4.21. The van der Waals surface area contributed by atoms with Crippen LogP contribution in [-0.2, 0) is 6.54 Å². The molecule has 1 N–H and O–H groups in total. The minimum atomic E-state index is -0.388. The van der Waals surface area contributed by atoms with E-state index in [2.05, 4.69) is 34.2 Å². The first-order valence-corrected chi connectivity index (χ1v) is 7.08. The molecule has 0 bridgehead atoms. The molecule has 5 heteroatoms. The highest BCUT2D eigenvalue weighted by Gasteiger charge is 2.09. The molecule has 20 heavy (non-hydrogen) atoms. The Balaban J connectivity index is 1.98. The van der Waals surface area contributed by atoms with Crippen LogP contribution in [0.15, 0.2) is 53.0 Å². The van der Waals surface area contributed by atoms with Gasteiger partial charge >= 0.3 is 0 Å². The highest BCUT2D eigenvalue weighted by molar-refractivity contribution is 9.10. The van der Waals surface area contributed by atoms with Gasteiger partial charge in [-0.1, -0.05) is 46.3 Å². The highest BCUT2D eigenvalue weighted by atomic mass is 79.9. The fourth-order valence-electron chi connectivity index (χ4n) is 1.94. The highest BCUT2D eigenvalue weighted by Crippen LogP contribution is 2.23. The van der Waals surface area contributed by atoms with E-state index in [1.807, 2.05) is 18.2 Å². The number of nitro groups is 1. The predicted molar refractivity (Wildman–Crippen MR) is 82.5 cm³/mol. The molecule has 2 rings (SSSR count). The molecule has 0 amide bonds. The maximum Gasteiger partial charge on any atom is 0.269 e. The van der Waals surface area contributed by atoms with Crippen LogP contribution >= 0.6 is 15.9 Å². The molecular formula is C15H15BrN2O2. The van der Waals surface area contributed by atoms with E-state index in [0.717, 1.165) is 10.0 Å². The minimum absolute atomic E-state index is 0.118. The third-order valence-electron chi connectivity index (χ3n) is 3.13. The maximum absolute atomic E-state index is 10.6. The second-order valence-electron chi connectivity index (χ2n) is 4.55. The van der Waals surface area contributed by atoms with Gasteiger partial charge in [0.05, 0.1) is 4.92 Å². The van der Waals surface area contributed by atoms with Crippen LogP contribution in [0.1, 0.15) is 24.1 Å². The largest absolute Gasteiger partial charge is 0.306 e. The van der Waals surface area contributed by atoms with Crippen molar-refractivity contribution in [3.8, 4) is 0 Å². The van der Waals surface area contributed by atoms with Gasteiger partial charge in [0.2, 0.25) is 0 Å². The van der Waals surface area contributed by atoms with Crippen LogP contribution < -0.4 is 5.32 Å². The molecule has 4 nitrogen and oxygen atoms in total. The molecule has 0 aliphatic heterocycles. The van der Waals surface area contributed by atoms with E-state index in [4.69, 9.17) is 0 Å². The van der Waals surface area contributed by atoms with E-state index in [9.17, 15) is 10.1 Å². The molecule has 104 valence electrons. The second kappa shape index (κ2) is 6.63. The number of nitrogens with zero attached hydrogens (tertiary/aromatic N) is 1. The third-order valence-corrected chi connectivity index (χ3v) is 3.85. The van der Waals surface area contributed by atoms with Crippen LogP contribution in [-0.4, -0.2) is 4.92 Å². The molecule has 0 radical (unpaired) electrons. The average molecular weight is 335 g/mol. The summed E-state index contributed by atoms with van der Waals surface area (Å²) in [7, 11) is 0. The Morgan fingerprint density at radius 3 is 2.45 bits per heavy atom. The average Bonchev–Trinajstić information content (AvgIpc) is 2.45. The lowest BCUT2D eigenvalue weighted by atomic mass is 10.1. The van der Waals surface area contributed by atoms with E-state index in [-0.39, 0.29) is 16.7 Å². The molecular weight excluding hydrogens is 320 g/mol. The zero-order valence-electron chi connectivity index (χ0n) is 11.0. The topological polar surface area (TPSA) is 55.2 Å². The Bertz CT molecular complexity index is 599. The summed E-state index contributed by atoms with van der Waals surface area (Å²) < 4.78 is 1.07. The van der Waals surface area contributed by atoms with Crippen LogP contribution in [0.25, 0.3) is 0 Å². The van der Waals surface area contributed by atoms with Crippen molar-refractivity contribution in [3.05, 3.63) is 74.2 Å². The number of halogens is 1. The summed E-state index contributed by atoms with van der Waals surface area (Å²) in [5.41, 5.74) is 2.33. The summed E-state index contributed by atoms with van der Waals surface area (Å²) in [6.07, 6.45) is 0. The van der Waals surface area contributed by atoms with Gasteiger partial charge in [-0.05, 0) is 24.1 Å². The lowest BCUT2D eigenvalue weighted by molar-refractivity contribution is -0.384. The number of nitrogens with one attached hydrogen (secondary N) is 1. The van der Waals surface area contributed by atoms with Gasteiger partial charge in [0.1, 0.15) is 0 Å². The Morgan fingerprint density at radius 1 is 1.20 bits per heavy atom. The maximum atomic E-state index is 10.6. The fraction of sp³-hybridized carbons (Fsp3) is 0.200. The molecule has 0 aliphatic carbocycles. The molecule has 0 heterocycles. The van der Waals surface area contributed by atoms with Crippen molar-refractivity contribution in [2.24, 2.45) is 0 Å². The normalized spacial score (nSPS) is 12.1. The molecule has 2 aromatic rings. The fourth-order valence-corrected chi connectivity index (χ4v) is 2.57. The van der Waals surface area contributed by atoms with Crippen LogP contribution in [0.5, 0.6) is 0 Å². The standard InChI is InChI=1S/C15H15BrN2O2/c1-11(14-4-2-3-5-15(14)16)17-10-12-6-8-13(9-7-12)18(19)20/h2-9,11,17H,10H2,1H3. The van der Waals surface area contributed by atoms with Crippen molar-refractivity contribution in [1.82, 2.24) is 5.32 Å². The van der Waals surface area contributed by atoms with Crippen LogP contribution in [0, 0.1) is 10.1 Å². The SMILES string of the molecule is CC(NCc1ccc([N+](=O)[O-])cc1)c1ccccc1Br. The summed E-state index contributed by atoms with van der Waals surface area (Å²) in [6.45, 7) is 2.76. The summed E-state index contributed by atoms with van der Waals surface area (Å²) >= 11 is 3.53. The molecule has 1 atom stereocenters. The van der Waals surface area contributed by atoms with Crippen LogP contribution in [0.2, 0.25) is 0 Å². The molecule has 0 saturated heterocycles. The van der Waals surface area contributed by atoms with Gasteiger partial charge in [-0.2, -0.15) is 0 Å². The van der Waals surface area contributed by atoms with Crippen molar-refractivity contribution in [1.29, 1.82) is 0 Å². The number of non-ortho nitro benzene ring substituents is 1. The molecule has 0 aromatic heterocycles. The van der Waals surface area contributed by atoms with Gasteiger partial charge in [-0.15, -0.1) is 0 Å². The van der Waals surface area contributed by atoms with Crippen LogP contribution in [0.3, 0.4) is 0 Å². The Hall–Kier alpha value is -1.72. The lowest BCUT2D eigenvalue weighted by Crippen LogP contribution is -2.18. The number of hydrogen-bond donors (Lipinski definition) is 1. The number of benzene rings is 2. The van der Waals surface area contributed by atoms with Gasteiger partial charge in [-0.25, -0.2) is 0 Å². The van der Waals surface area contributed by atoms with Gasteiger partial charge in [0, 0.05) is 29.2 Å². The molecule has 0 fully saturated rings. The van der Waals surface area contributed by atoms with Crippen molar-refractivity contribution in [2.75, 3.05) is 0 Å². The summed E-state index contributed by atoms with van der Waals surface area (Å²) in [5.74, 6) is 0. The van der Waals surface area contributed by atoms with Crippen molar-refractivity contribution < 1.29 is 4.92 Å². The smallest absolute Gasteiger partial charge is 0.269 e. The zero-order valence-corrected chi connectivity index (χ0v) is 12.6. The Kier molecular flexibility index (Phi) is 4.87. The molecule has 0 spiro atoms. The quantitative estimate of drug-likeness (QED) is 0.658. The monoisotopic (exact) mass is 334 g/mol. The number of nitro benzene ring substituents is 1. The van der Waals surface area contributed by atoms with E-state index in [1.54, 1.807) is 12.1 Å². The van der Waals surface area contributed by atoms with Gasteiger partial charge in [0.15, 0.2) is 0 Å². The van der Waals surface area contributed by atoms with E-state index in [1.165, 1.54) is 17.7 Å². The number of hydrogen-bond acceptors (Lipinski definition) is 3. The lowest BCUT2D eigenvalue weighted by Gasteiger charge is -2.15. The molecule has 0 saturated carbocycles. The Labute approximate surface area is 126 Å². The second-order valence-corrected chi connectivity index (χ2v) is 5.40. The first-order valence-electron chi connectivity index (χ1n) is 6.29. The molecule has 1 unspecified atom stereocenters. The van der Waals surface area contributed by atoms with Gasteiger partial charge in [0.25, 0.3) is 5.69 Å². The molecule has 2 aromatic carbocycles. The zero-order chi connectivity index (χ0) is 14.5. The summed E-state index contributed by atoms with van der Waals surface area (Å²) in [6, 6.07) is 14.9. The van der Waals surface area contributed by atoms with Crippen molar-refractivity contribution in [3.63, 3.8) is 0 Å². The Morgan fingerprint density at radius 2 is 1.85 bits per heavy atom. The summed E-state index contributed by atoms with van der Waals surface area (Å²) in [4.78, 5) is 10.2. The van der Waals surface area contributed by atoms with Crippen LogP contribution in [0.4, 0.5) is 5.69 Å². The summed E-state index contributed by atoms with van der Waals surface area (Å²) in [5, 5.41) is 14.0. The first kappa shape index (κ1) is 14.7.